The summed E-state index contributed by atoms with van der Waals surface area (Å²) in [4.78, 5) is 2.47. The van der Waals surface area contributed by atoms with Crippen LogP contribution < -0.4 is 0 Å². The van der Waals surface area contributed by atoms with Crippen molar-refractivity contribution >= 4 is 0 Å². The van der Waals surface area contributed by atoms with Crippen LogP contribution in [-0.2, 0) is 11.2 Å². The van der Waals surface area contributed by atoms with Crippen LogP contribution in [0.5, 0.6) is 0 Å². The highest BCUT2D eigenvalue weighted by Crippen LogP contribution is 2.35. The molecule has 86 valence electrons. The molecule has 0 aromatic heterocycles. The van der Waals surface area contributed by atoms with Crippen molar-refractivity contribution in [2.24, 2.45) is 0 Å². The number of fused-ring (bicyclic) bond motifs is 3. The SMILES string of the molecule is CN1CCO[C@H]2c3ccccc3CCC[C@@H]21. The molecule has 1 aliphatic heterocycles. The summed E-state index contributed by atoms with van der Waals surface area (Å²) >= 11 is 0. The van der Waals surface area contributed by atoms with Crippen LogP contribution in [0, 0.1) is 0 Å². The molecule has 2 heteroatoms. The summed E-state index contributed by atoms with van der Waals surface area (Å²) in [5.41, 5.74) is 2.92. The average molecular weight is 217 g/mol. The highest BCUT2D eigenvalue weighted by molar-refractivity contribution is 5.31. The van der Waals surface area contributed by atoms with E-state index in [0.717, 1.165) is 13.2 Å². The molecule has 1 aliphatic carbocycles. The Hall–Kier alpha value is -0.860. The van der Waals surface area contributed by atoms with Crippen molar-refractivity contribution in [3.63, 3.8) is 0 Å². The Morgan fingerprint density at radius 1 is 1.31 bits per heavy atom. The molecule has 0 saturated carbocycles. The fourth-order valence-electron chi connectivity index (χ4n) is 3.04. The molecule has 1 fully saturated rings. The van der Waals surface area contributed by atoms with Crippen molar-refractivity contribution in [2.45, 2.75) is 31.4 Å². The zero-order valence-electron chi connectivity index (χ0n) is 9.86. The molecule has 0 N–H and O–H groups in total. The smallest absolute Gasteiger partial charge is 0.0983 e. The van der Waals surface area contributed by atoms with E-state index in [1.165, 1.54) is 30.4 Å². The third-order valence-corrected chi connectivity index (χ3v) is 3.96. The molecule has 2 atom stereocenters. The van der Waals surface area contributed by atoms with Crippen molar-refractivity contribution in [1.82, 2.24) is 4.90 Å². The largest absolute Gasteiger partial charge is 0.371 e. The van der Waals surface area contributed by atoms with Crippen LogP contribution in [0.2, 0.25) is 0 Å². The lowest BCUT2D eigenvalue weighted by Crippen LogP contribution is -2.44. The van der Waals surface area contributed by atoms with E-state index >= 15 is 0 Å². The Morgan fingerprint density at radius 3 is 3.12 bits per heavy atom. The predicted molar refractivity (Wildman–Crippen MR) is 64.5 cm³/mol. The van der Waals surface area contributed by atoms with Crippen molar-refractivity contribution in [3.05, 3.63) is 35.4 Å². The minimum Gasteiger partial charge on any atom is -0.371 e. The molecule has 2 nitrogen and oxygen atoms in total. The first-order valence-corrected chi connectivity index (χ1v) is 6.26. The fraction of sp³-hybridized carbons (Fsp3) is 0.571. The lowest BCUT2D eigenvalue weighted by atomic mass is 9.97. The van der Waals surface area contributed by atoms with Crippen molar-refractivity contribution in [3.8, 4) is 0 Å². The standard InChI is InChI=1S/C14H19NO/c1-15-9-10-16-14-12-7-3-2-5-11(12)6-4-8-13(14)15/h2-3,5,7,13-14H,4,6,8-10H2,1H3/t13-,14-/m0/s1. The van der Waals surface area contributed by atoms with Gasteiger partial charge in [0.2, 0.25) is 0 Å². The molecule has 1 aromatic carbocycles. The summed E-state index contributed by atoms with van der Waals surface area (Å²) in [7, 11) is 2.23. The van der Waals surface area contributed by atoms with Crippen molar-refractivity contribution in [2.75, 3.05) is 20.2 Å². The van der Waals surface area contributed by atoms with E-state index < -0.39 is 0 Å². The number of aryl methyl sites for hydroxylation is 1. The third kappa shape index (κ3) is 1.66. The number of benzene rings is 1. The second kappa shape index (κ2) is 4.19. The van der Waals surface area contributed by atoms with E-state index in [1.807, 2.05) is 0 Å². The second-order valence-electron chi connectivity index (χ2n) is 4.93. The van der Waals surface area contributed by atoms with Crippen LogP contribution in [0.3, 0.4) is 0 Å². The number of hydrogen-bond donors (Lipinski definition) is 0. The highest BCUT2D eigenvalue weighted by atomic mass is 16.5. The molecule has 2 aliphatic rings. The van der Waals surface area contributed by atoms with E-state index in [9.17, 15) is 0 Å². The maximum atomic E-state index is 6.02. The molecule has 3 rings (SSSR count). The molecule has 1 heterocycles. The van der Waals surface area contributed by atoms with Crippen LogP contribution >= 0.6 is 0 Å². The molecule has 0 amide bonds. The lowest BCUT2D eigenvalue weighted by molar-refractivity contribution is -0.0648. The number of nitrogens with zero attached hydrogens (tertiary/aromatic N) is 1. The summed E-state index contributed by atoms with van der Waals surface area (Å²) in [6.07, 6.45) is 4.06. The minimum atomic E-state index is 0.303. The van der Waals surface area contributed by atoms with Gasteiger partial charge in [0.05, 0.1) is 12.7 Å². The first-order valence-electron chi connectivity index (χ1n) is 6.26. The van der Waals surface area contributed by atoms with Gasteiger partial charge in [-0.25, -0.2) is 0 Å². The minimum absolute atomic E-state index is 0.303. The Kier molecular flexibility index (Phi) is 2.70. The van der Waals surface area contributed by atoms with Gasteiger partial charge in [0.15, 0.2) is 0 Å². The van der Waals surface area contributed by atoms with E-state index in [2.05, 4.69) is 36.2 Å². The molecule has 0 radical (unpaired) electrons. The average Bonchev–Trinajstić information content (AvgIpc) is 2.50. The number of rotatable bonds is 0. The van der Waals surface area contributed by atoms with E-state index in [4.69, 9.17) is 4.74 Å². The van der Waals surface area contributed by atoms with Gasteiger partial charge < -0.3 is 4.74 Å². The van der Waals surface area contributed by atoms with Crippen LogP contribution in [0.25, 0.3) is 0 Å². The third-order valence-electron chi connectivity index (χ3n) is 3.96. The second-order valence-corrected chi connectivity index (χ2v) is 4.93. The van der Waals surface area contributed by atoms with Crippen molar-refractivity contribution in [1.29, 1.82) is 0 Å². The number of likely N-dealkylation sites (N-methyl/N-ethyl adjacent to an activating group) is 1. The molecule has 1 saturated heterocycles. The summed E-state index contributed by atoms with van der Waals surface area (Å²) in [6, 6.07) is 9.37. The van der Waals surface area contributed by atoms with Gasteiger partial charge in [-0.05, 0) is 37.4 Å². The van der Waals surface area contributed by atoms with Crippen LogP contribution in [-0.4, -0.2) is 31.1 Å². The Morgan fingerprint density at radius 2 is 2.19 bits per heavy atom. The van der Waals surface area contributed by atoms with Gasteiger partial charge in [-0.1, -0.05) is 24.3 Å². The first kappa shape index (κ1) is 10.3. The van der Waals surface area contributed by atoms with E-state index in [0.29, 0.717) is 12.1 Å². The zero-order chi connectivity index (χ0) is 11.0. The van der Waals surface area contributed by atoms with E-state index in [-0.39, 0.29) is 0 Å². The van der Waals surface area contributed by atoms with Crippen molar-refractivity contribution < 1.29 is 4.74 Å². The van der Waals surface area contributed by atoms with Gasteiger partial charge in [-0.15, -0.1) is 0 Å². The lowest BCUT2D eigenvalue weighted by Gasteiger charge is -2.38. The van der Waals surface area contributed by atoms with E-state index in [1.54, 1.807) is 0 Å². The summed E-state index contributed by atoms with van der Waals surface area (Å²) < 4.78 is 6.02. The summed E-state index contributed by atoms with van der Waals surface area (Å²) in [5, 5.41) is 0. The van der Waals surface area contributed by atoms with Gasteiger partial charge in [0.25, 0.3) is 0 Å². The van der Waals surface area contributed by atoms with Gasteiger partial charge in [-0.3, -0.25) is 4.90 Å². The maximum absolute atomic E-state index is 6.02. The molecule has 1 aromatic rings. The number of morpholine rings is 1. The van der Waals surface area contributed by atoms with Gasteiger partial charge in [-0.2, -0.15) is 0 Å². The molecular weight excluding hydrogens is 198 g/mol. The maximum Gasteiger partial charge on any atom is 0.0983 e. The number of hydrogen-bond acceptors (Lipinski definition) is 2. The number of ether oxygens (including phenoxy) is 1. The quantitative estimate of drug-likeness (QED) is 0.661. The van der Waals surface area contributed by atoms with Gasteiger partial charge >= 0.3 is 0 Å². The van der Waals surface area contributed by atoms with Crippen LogP contribution in [0.4, 0.5) is 0 Å². The summed E-state index contributed by atoms with van der Waals surface area (Å²) in [5.74, 6) is 0. The molecule has 0 unspecified atom stereocenters. The molecule has 0 spiro atoms. The van der Waals surface area contributed by atoms with Gasteiger partial charge in [0.1, 0.15) is 0 Å². The Bertz CT molecular complexity index is 377. The molecule has 16 heavy (non-hydrogen) atoms. The van der Waals surface area contributed by atoms with Gasteiger partial charge in [0, 0.05) is 12.6 Å². The normalized spacial score (nSPS) is 30.3. The topological polar surface area (TPSA) is 12.5 Å². The Balaban J connectivity index is 2.00. The summed E-state index contributed by atoms with van der Waals surface area (Å²) in [6.45, 7) is 1.94. The predicted octanol–water partition coefficient (Wildman–Crippen LogP) is 2.39. The zero-order valence-corrected chi connectivity index (χ0v) is 9.86. The highest BCUT2D eigenvalue weighted by Gasteiger charge is 2.33. The molecular formula is C14H19NO. The Labute approximate surface area is 97.2 Å². The van der Waals surface area contributed by atoms with Crippen LogP contribution in [0.15, 0.2) is 24.3 Å². The first-order chi connectivity index (χ1) is 7.86. The molecule has 0 bridgehead atoms. The fourth-order valence-corrected chi connectivity index (χ4v) is 3.04. The monoisotopic (exact) mass is 217 g/mol. The van der Waals surface area contributed by atoms with Crippen LogP contribution in [0.1, 0.15) is 30.1 Å².